The fraction of sp³-hybridized carbons (Fsp3) is 0.611. The van der Waals surface area contributed by atoms with Crippen molar-refractivity contribution >= 4 is 17.2 Å². The first-order valence-electron chi connectivity index (χ1n) is 8.71. The fourth-order valence-electron chi connectivity index (χ4n) is 3.14. The van der Waals surface area contributed by atoms with Crippen molar-refractivity contribution in [2.45, 2.75) is 44.3 Å². The van der Waals surface area contributed by atoms with Gasteiger partial charge in [0, 0.05) is 36.9 Å². The molecule has 0 saturated carbocycles. The van der Waals surface area contributed by atoms with Crippen molar-refractivity contribution < 1.29 is 19.4 Å². The van der Waals surface area contributed by atoms with Crippen molar-refractivity contribution in [3.05, 3.63) is 34.2 Å². The van der Waals surface area contributed by atoms with Crippen LogP contribution in [-0.2, 0) is 14.3 Å². The number of hydrogen-bond donors (Lipinski definition) is 1. The Morgan fingerprint density at radius 3 is 2.92 bits per heavy atom. The smallest absolute Gasteiger partial charge is 0.288 e. The zero-order valence-corrected chi connectivity index (χ0v) is 14.7. The number of amides is 1. The highest BCUT2D eigenvalue weighted by Crippen LogP contribution is 2.34. The van der Waals surface area contributed by atoms with Crippen LogP contribution in [0.5, 0.6) is 0 Å². The Morgan fingerprint density at radius 1 is 1.38 bits per heavy atom. The van der Waals surface area contributed by atoms with E-state index in [-0.39, 0.29) is 18.4 Å². The van der Waals surface area contributed by atoms with Crippen molar-refractivity contribution in [2.24, 2.45) is 0 Å². The van der Waals surface area contributed by atoms with E-state index in [9.17, 15) is 4.79 Å². The SMILES string of the molecule is O=C(C1=C[C@H](c2cccs2)C[C@H](OCCCO)O1)N1CCCCC1. The van der Waals surface area contributed by atoms with E-state index in [4.69, 9.17) is 14.6 Å². The van der Waals surface area contributed by atoms with Gasteiger partial charge in [-0.15, -0.1) is 11.3 Å². The molecule has 3 heterocycles. The molecule has 24 heavy (non-hydrogen) atoms. The van der Waals surface area contributed by atoms with E-state index in [0.29, 0.717) is 25.2 Å². The summed E-state index contributed by atoms with van der Waals surface area (Å²) < 4.78 is 11.6. The number of carbonyl (C=O) groups is 1. The van der Waals surface area contributed by atoms with Crippen LogP contribution < -0.4 is 0 Å². The van der Waals surface area contributed by atoms with Gasteiger partial charge in [-0.2, -0.15) is 0 Å². The molecule has 132 valence electrons. The maximum Gasteiger partial charge on any atom is 0.288 e. The van der Waals surface area contributed by atoms with E-state index >= 15 is 0 Å². The topological polar surface area (TPSA) is 59.0 Å². The molecule has 0 radical (unpaired) electrons. The lowest BCUT2D eigenvalue weighted by Crippen LogP contribution is -2.39. The molecule has 3 rings (SSSR count). The number of rotatable bonds is 6. The van der Waals surface area contributed by atoms with Crippen LogP contribution in [0, 0.1) is 0 Å². The third kappa shape index (κ3) is 4.37. The van der Waals surface area contributed by atoms with Crippen LogP contribution in [0.1, 0.15) is 42.9 Å². The molecule has 6 heteroatoms. The molecule has 1 aromatic heterocycles. The van der Waals surface area contributed by atoms with Crippen molar-refractivity contribution in [1.29, 1.82) is 0 Å². The van der Waals surface area contributed by atoms with Crippen LogP contribution in [0.4, 0.5) is 0 Å². The van der Waals surface area contributed by atoms with E-state index < -0.39 is 6.29 Å². The van der Waals surface area contributed by atoms with Crippen molar-refractivity contribution in [3.63, 3.8) is 0 Å². The Balaban J connectivity index is 1.72. The Hall–Kier alpha value is -1.37. The lowest BCUT2D eigenvalue weighted by Gasteiger charge is -2.32. The summed E-state index contributed by atoms with van der Waals surface area (Å²) in [6.45, 7) is 2.14. The van der Waals surface area contributed by atoms with Gasteiger partial charge in [-0.25, -0.2) is 0 Å². The molecule has 2 atom stereocenters. The summed E-state index contributed by atoms with van der Waals surface area (Å²) in [7, 11) is 0. The fourth-order valence-corrected chi connectivity index (χ4v) is 3.95. The second-order valence-electron chi connectivity index (χ2n) is 6.24. The van der Waals surface area contributed by atoms with E-state index in [1.54, 1.807) is 11.3 Å². The Labute approximate surface area is 146 Å². The normalized spacial score (nSPS) is 24.4. The summed E-state index contributed by atoms with van der Waals surface area (Å²) in [5.41, 5.74) is 0. The van der Waals surface area contributed by atoms with Gasteiger partial charge in [0.15, 0.2) is 5.76 Å². The molecule has 5 nitrogen and oxygen atoms in total. The van der Waals surface area contributed by atoms with Crippen LogP contribution in [0.15, 0.2) is 29.3 Å². The van der Waals surface area contributed by atoms with E-state index in [1.165, 1.54) is 11.3 Å². The van der Waals surface area contributed by atoms with Crippen LogP contribution in [-0.4, -0.2) is 48.5 Å². The second kappa shape index (κ2) is 8.65. The number of allylic oxidation sites excluding steroid dienone is 1. The molecule has 1 aromatic rings. The largest absolute Gasteiger partial charge is 0.459 e. The Bertz CT molecular complexity index is 551. The first-order valence-corrected chi connectivity index (χ1v) is 9.59. The zero-order valence-electron chi connectivity index (χ0n) is 13.9. The second-order valence-corrected chi connectivity index (χ2v) is 7.22. The average molecular weight is 351 g/mol. The van der Waals surface area contributed by atoms with Gasteiger partial charge in [0.05, 0.1) is 6.61 Å². The van der Waals surface area contributed by atoms with Crippen LogP contribution in [0.3, 0.4) is 0 Å². The number of nitrogens with zero attached hydrogens (tertiary/aromatic N) is 1. The number of piperidine rings is 1. The number of ether oxygens (including phenoxy) is 2. The highest BCUT2D eigenvalue weighted by molar-refractivity contribution is 7.10. The highest BCUT2D eigenvalue weighted by Gasteiger charge is 2.31. The summed E-state index contributed by atoms with van der Waals surface area (Å²) in [6, 6.07) is 4.11. The molecule has 0 bridgehead atoms. The predicted molar refractivity (Wildman–Crippen MR) is 92.7 cm³/mol. The molecule has 1 fully saturated rings. The molecular weight excluding hydrogens is 326 g/mol. The van der Waals surface area contributed by atoms with Gasteiger partial charge in [0.2, 0.25) is 6.29 Å². The Kier molecular flexibility index (Phi) is 6.29. The van der Waals surface area contributed by atoms with Gasteiger partial charge < -0.3 is 19.5 Å². The van der Waals surface area contributed by atoms with Gasteiger partial charge in [-0.1, -0.05) is 6.07 Å². The minimum Gasteiger partial charge on any atom is -0.459 e. The maximum absolute atomic E-state index is 12.8. The number of aliphatic hydroxyl groups is 1. The van der Waals surface area contributed by atoms with Gasteiger partial charge in [-0.05, 0) is 43.2 Å². The summed E-state index contributed by atoms with van der Waals surface area (Å²) >= 11 is 1.69. The summed E-state index contributed by atoms with van der Waals surface area (Å²) in [5.74, 6) is 0.531. The van der Waals surface area contributed by atoms with Gasteiger partial charge in [-0.3, -0.25) is 4.79 Å². The summed E-state index contributed by atoms with van der Waals surface area (Å²) in [6.07, 6.45) is 6.10. The van der Waals surface area contributed by atoms with Gasteiger partial charge >= 0.3 is 0 Å². The lowest BCUT2D eigenvalue weighted by atomic mass is 9.99. The molecule has 0 spiro atoms. The van der Waals surface area contributed by atoms with Gasteiger partial charge in [0.25, 0.3) is 5.91 Å². The molecule has 0 aromatic carbocycles. The quantitative estimate of drug-likeness (QED) is 0.801. The molecule has 1 N–H and O–H groups in total. The van der Waals surface area contributed by atoms with Crippen molar-refractivity contribution in [1.82, 2.24) is 4.90 Å². The van der Waals surface area contributed by atoms with Crippen LogP contribution in [0.25, 0.3) is 0 Å². The number of aliphatic hydroxyl groups excluding tert-OH is 1. The molecule has 2 aliphatic rings. The first kappa shape index (κ1) is 17.5. The minimum absolute atomic E-state index is 0.0216. The maximum atomic E-state index is 12.8. The van der Waals surface area contributed by atoms with E-state index in [0.717, 1.165) is 25.9 Å². The summed E-state index contributed by atoms with van der Waals surface area (Å²) in [4.78, 5) is 15.9. The van der Waals surface area contributed by atoms with E-state index in [2.05, 4.69) is 6.07 Å². The zero-order chi connectivity index (χ0) is 16.8. The van der Waals surface area contributed by atoms with Crippen molar-refractivity contribution in [3.8, 4) is 0 Å². The van der Waals surface area contributed by atoms with Crippen molar-refractivity contribution in [2.75, 3.05) is 26.3 Å². The molecule has 0 unspecified atom stereocenters. The minimum atomic E-state index is -0.433. The monoisotopic (exact) mass is 351 g/mol. The third-order valence-electron chi connectivity index (χ3n) is 4.43. The standard InChI is InChI=1S/C18H25NO4S/c20-9-5-10-22-17-13-14(16-6-4-11-24-16)12-15(23-17)18(21)19-7-2-1-3-8-19/h4,6,11-12,14,17,20H,1-3,5,7-10,13H2/t14-,17+/m0/s1. The molecule has 2 aliphatic heterocycles. The molecular formula is C18H25NO4S. The number of hydrogen-bond acceptors (Lipinski definition) is 5. The van der Waals surface area contributed by atoms with E-state index in [1.807, 2.05) is 22.4 Å². The highest BCUT2D eigenvalue weighted by atomic mass is 32.1. The first-order chi connectivity index (χ1) is 11.8. The Morgan fingerprint density at radius 2 is 2.21 bits per heavy atom. The summed E-state index contributed by atoms with van der Waals surface area (Å²) in [5, 5.41) is 11.0. The van der Waals surface area contributed by atoms with Crippen LogP contribution in [0.2, 0.25) is 0 Å². The predicted octanol–water partition coefficient (Wildman–Crippen LogP) is 2.87. The molecule has 1 amide bonds. The third-order valence-corrected chi connectivity index (χ3v) is 5.43. The van der Waals surface area contributed by atoms with Gasteiger partial charge in [0.1, 0.15) is 0 Å². The lowest BCUT2D eigenvalue weighted by molar-refractivity contribution is -0.153. The molecule has 0 aliphatic carbocycles. The van der Waals surface area contributed by atoms with Crippen LogP contribution >= 0.6 is 11.3 Å². The number of likely N-dealkylation sites (tertiary alicyclic amines) is 1. The average Bonchev–Trinajstić information content (AvgIpc) is 3.16. The number of thiophene rings is 1. The number of carbonyl (C=O) groups excluding carboxylic acids is 1. The molecule has 1 saturated heterocycles.